The van der Waals surface area contributed by atoms with Gasteiger partial charge in [0.1, 0.15) is 11.3 Å². The average Bonchev–Trinajstić information content (AvgIpc) is 3.70. The van der Waals surface area contributed by atoms with Crippen LogP contribution < -0.4 is 16.0 Å². The maximum atomic E-state index is 13.8. The number of nitrogens with zero attached hydrogens (tertiary/aromatic N) is 2. The molecule has 0 bridgehead atoms. The molecule has 1 saturated carbocycles. The lowest BCUT2D eigenvalue weighted by molar-refractivity contribution is -0.141. The van der Waals surface area contributed by atoms with Gasteiger partial charge in [-0.05, 0) is 106 Å². The Bertz CT molecular complexity index is 1760. The summed E-state index contributed by atoms with van der Waals surface area (Å²) in [5.74, 6) is -0.114. The molecule has 0 radical (unpaired) electrons. The molecule has 1 aliphatic rings. The summed E-state index contributed by atoms with van der Waals surface area (Å²) in [6.07, 6.45) is -3.02. The fraction of sp³-hybridized carbons (Fsp3) is 0.361. The first-order valence-corrected chi connectivity index (χ1v) is 15.6. The molecule has 2 amide bonds. The zero-order chi connectivity index (χ0) is 33.9. The lowest BCUT2D eigenvalue weighted by Crippen LogP contribution is -2.32. The van der Waals surface area contributed by atoms with Crippen LogP contribution in [-0.4, -0.2) is 33.9 Å². The van der Waals surface area contributed by atoms with Gasteiger partial charge < -0.3 is 20.7 Å². The molecule has 47 heavy (non-hydrogen) atoms. The molecule has 1 atom stereocenters. The first kappa shape index (κ1) is 33.7. The minimum atomic E-state index is -4.78. The molecule has 1 fully saturated rings. The summed E-state index contributed by atoms with van der Waals surface area (Å²) in [5, 5.41) is 12.9. The number of hydrogen-bond acceptors (Lipinski definition) is 5. The number of benzene rings is 3. The molecule has 4 aromatic rings. The van der Waals surface area contributed by atoms with Crippen LogP contribution in [0, 0.1) is 19.8 Å². The fourth-order valence-electron chi connectivity index (χ4n) is 5.32. The number of hydrogen-bond donors (Lipinski definition) is 3. The third-order valence-electron chi connectivity index (χ3n) is 7.75. The largest absolute Gasteiger partial charge is 0.444 e. The second-order valence-corrected chi connectivity index (χ2v) is 13.1. The highest BCUT2D eigenvalue weighted by atomic mass is 19.4. The molecule has 8 nitrogen and oxygen atoms in total. The van der Waals surface area contributed by atoms with Gasteiger partial charge in [-0.3, -0.25) is 4.79 Å². The lowest BCUT2D eigenvalue weighted by Gasteiger charge is -2.23. The molecular formula is C36H40F3N5O3. The Morgan fingerprint density at radius 3 is 2.40 bits per heavy atom. The summed E-state index contributed by atoms with van der Waals surface area (Å²) < 4.78 is 47.7. The molecule has 3 aromatic carbocycles. The zero-order valence-electron chi connectivity index (χ0n) is 27.2. The molecule has 5 rings (SSSR count). The average molecular weight is 648 g/mol. The van der Waals surface area contributed by atoms with E-state index in [4.69, 9.17) is 4.74 Å². The fourth-order valence-corrected chi connectivity index (χ4v) is 5.32. The SMILES string of the molecule is Cc1ccc(C(NCC2CC2)c2cccc(NC(=O)c3cc(C(F)(F)F)nn3-c3cccc(CNC(=O)OC(C)(C)C)c3)c2)c(C)c1. The van der Waals surface area contributed by atoms with E-state index in [9.17, 15) is 22.8 Å². The van der Waals surface area contributed by atoms with Gasteiger partial charge in [0.05, 0.1) is 11.7 Å². The van der Waals surface area contributed by atoms with Crippen molar-refractivity contribution in [2.45, 2.75) is 71.8 Å². The van der Waals surface area contributed by atoms with Gasteiger partial charge in [-0.1, -0.05) is 48.0 Å². The van der Waals surface area contributed by atoms with E-state index in [0.717, 1.165) is 39.5 Å². The van der Waals surface area contributed by atoms with Crippen molar-refractivity contribution in [2.24, 2.45) is 5.92 Å². The van der Waals surface area contributed by atoms with E-state index >= 15 is 0 Å². The van der Waals surface area contributed by atoms with Crippen LogP contribution in [0.25, 0.3) is 5.69 Å². The van der Waals surface area contributed by atoms with Gasteiger partial charge in [0.15, 0.2) is 5.69 Å². The van der Waals surface area contributed by atoms with Gasteiger partial charge in [-0.15, -0.1) is 0 Å². The second kappa shape index (κ2) is 13.6. The first-order chi connectivity index (χ1) is 22.2. The summed E-state index contributed by atoms with van der Waals surface area (Å²) in [4.78, 5) is 25.7. The number of anilines is 1. The number of carbonyl (C=O) groups is 2. The minimum Gasteiger partial charge on any atom is -0.444 e. The molecule has 3 N–H and O–H groups in total. The highest BCUT2D eigenvalue weighted by Gasteiger charge is 2.36. The van der Waals surface area contributed by atoms with Crippen molar-refractivity contribution in [3.63, 3.8) is 0 Å². The van der Waals surface area contributed by atoms with E-state index in [0.29, 0.717) is 17.2 Å². The number of ether oxygens (including phenoxy) is 1. The van der Waals surface area contributed by atoms with Crippen LogP contribution in [0.2, 0.25) is 0 Å². The van der Waals surface area contributed by atoms with Crippen LogP contribution >= 0.6 is 0 Å². The van der Waals surface area contributed by atoms with Gasteiger partial charge >= 0.3 is 12.3 Å². The van der Waals surface area contributed by atoms with Crippen molar-refractivity contribution in [1.82, 2.24) is 20.4 Å². The smallest absolute Gasteiger partial charge is 0.435 e. The summed E-state index contributed by atoms with van der Waals surface area (Å²) in [5.41, 5.74) is 3.39. The summed E-state index contributed by atoms with van der Waals surface area (Å²) >= 11 is 0. The van der Waals surface area contributed by atoms with Gasteiger partial charge in [0, 0.05) is 18.3 Å². The van der Waals surface area contributed by atoms with Crippen LogP contribution in [0.5, 0.6) is 0 Å². The molecule has 248 valence electrons. The third-order valence-corrected chi connectivity index (χ3v) is 7.75. The molecule has 0 saturated heterocycles. The molecular weight excluding hydrogens is 607 g/mol. The van der Waals surface area contributed by atoms with Crippen LogP contribution in [0.3, 0.4) is 0 Å². The predicted molar refractivity (Wildman–Crippen MR) is 175 cm³/mol. The Morgan fingerprint density at radius 2 is 1.72 bits per heavy atom. The normalized spacial score (nSPS) is 14.0. The molecule has 1 aromatic heterocycles. The predicted octanol–water partition coefficient (Wildman–Crippen LogP) is 7.87. The summed E-state index contributed by atoms with van der Waals surface area (Å²) in [6, 6.07) is 20.7. The van der Waals surface area contributed by atoms with Crippen molar-refractivity contribution in [3.05, 3.63) is 112 Å². The van der Waals surface area contributed by atoms with Crippen LogP contribution in [0.15, 0.2) is 72.8 Å². The number of halogens is 3. The Hall–Kier alpha value is -4.64. The number of nitrogens with one attached hydrogen (secondary N) is 3. The van der Waals surface area contributed by atoms with Crippen molar-refractivity contribution in [1.29, 1.82) is 0 Å². The maximum Gasteiger partial charge on any atom is 0.435 e. The van der Waals surface area contributed by atoms with E-state index in [2.05, 4.69) is 46.2 Å². The summed E-state index contributed by atoms with van der Waals surface area (Å²) in [7, 11) is 0. The van der Waals surface area contributed by atoms with Crippen LogP contribution in [0.1, 0.15) is 83.7 Å². The van der Waals surface area contributed by atoms with Gasteiger partial charge in [0.2, 0.25) is 0 Å². The van der Waals surface area contributed by atoms with E-state index in [1.807, 2.05) is 25.1 Å². The van der Waals surface area contributed by atoms with E-state index < -0.39 is 29.5 Å². The van der Waals surface area contributed by atoms with Gasteiger partial charge in [-0.2, -0.15) is 18.3 Å². The first-order valence-electron chi connectivity index (χ1n) is 15.6. The highest BCUT2D eigenvalue weighted by molar-refractivity contribution is 6.03. The highest BCUT2D eigenvalue weighted by Crippen LogP contribution is 2.33. The van der Waals surface area contributed by atoms with E-state index in [1.54, 1.807) is 51.1 Å². The molecule has 0 spiro atoms. The Labute approximate surface area is 272 Å². The Morgan fingerprint density at radius 1 is 0.979 bits per heavy atom. The monoisotopic (exact) mass is 647 g/mol. The third kappa shape index (κ3) is 9.00. The number of aromatic nitrogens is 2. The number of alkyl carbamates (subject to hydrolysis) is 1. The van der Waals surface area contributed by atoms with E-state index in [1.165, 1.54) is 12.8 Å². The van der Waals surface area contributed by atoms with Crippen molar-refractivity contribution in [2.75, 3.05) is 11.9 Å². The summed E-state index contributed by atoms with van der Waals surface area (Å²) in [6.45, 7) is 10.2. The minimum absolute atomic E-state index is 0.0564. The quantitative estimate of drug-likeness (QED) is 0.163. The van der Waals surface area contributed by atoms with Gasteiger partial charge in [0.25, 0.3) is 5.91 Å². The Kier molecular flexibility index (Phi) is 9.76. The molecule has 0 aliphatic heterocycles. The van der Waals surface area contributed by atoms with Crippen LogP contribution in [-0.2, 0) is 17.5 Å². The van der Waals surface area contributed by atoms with Gasteiger partial charge in [-0.25, -0.2) is 9.48 Å². The maximum absolute atomic E-state index is 13.8. The zero-order valence-corrected chi connectivity index (χ0v) is 27.2. The van der Waals surface area contributed by atoms with Crippen molar-refractivity contribution >= 4 is 17.7 Å². The van der Waals surface area contributed by atoms with Crippen molar-refractivity contribution in [3.8, 4) is 5.69 Å². The number of amides is 2. The van der Waals surface area contributed by atoms with Crippen LogP contribution in [0.4, 0.5) is 23.7 Å². The molecule has 1 unspecified atom stereocenters. The number of aryl methyl sites for hydroxylation is 2. The standard InChI is InChI=1S/C36H40F3N5O3/c1-22-12-15-29(23(2)16-22)32(40-20-24-13-14-24)26-9-7-10-27(18-26)42-33(45)30-19-31(36(37,38)39)43-44(30)28-11-6-8-25(17-28)21-41-34(46)47-35(3,4)5/h6-12,15-19,24,32,40H,13-14,20-21H2,1-5H3,(H,41,46)(H,42,45). The van der Waals surface area contributed by atoms with Crippen molar-refractivity contribution < 1.29 is 27.5 Å². The number of alkyl halides is 3. The molecule has 1 heterocycles. The lowest BCUT2D eigenvalue weighted by atomic mass is 9.93. The molecule has 11 heteroatoms. The molecule has 1 aliphatic carbocycles. The topological polar surface area (TPSA) is 97.3 Å². The Balaban J connectivity index is 1.41. The number of carbonyl (C=O) groups excluding carboxylic acids is 2. The second-order valence-electron chi connectivity index (χ2n) is 13.1. The number of rotatable bonds is 10. The van der Waals surface area contributed by atoms with E-state index in [-0.39, 0.29) is 24.0 Å².